The molecule has 3 aromatic rings. The summed E-state index contributed by atoms with van der Waals surface area (Å²) in [4.78, 5) is 43.0. The van der Waals surface area contributed by atoms with Crippen molar-refractivity contribution in [2.45, 2.75) is 12.5 Å². The summed E-state index contributed by atoms with van der Waals surface area (Å²) in [6.45, 7) is 0. The van der Waals surface area contributed by atoms with Crippen molar-refractivity contribution in [3.8, 4) is 0 Å². The lowest BCUT2D eigenvalue weighted by molar-refractivity contribution is -0.128. The molecule has 1 atom stereocenters. The Morgan fingerprint density at radius 1 is 1.11 bits per heavy atom. The van der Waals surface area contributed by atoms with Gasteiger partial charge < -0.3 is 14.4 Å². The number of rotatable bonds is 4. The van der Waals surface area contributed by atoms with Crippen LogP contribution in [0.4, 0.5) is 0 Å². The van der Waals surface area contributed by atoms with Crippen LogP contribution in [0.3, 0.4) is 0 Å². The van der Waals surface area contributed by atoms with Crippen LogP contribution in [0.5, 0.6) is 0 Å². The Bertz CT molecular complexity index is 1180. The zero-order chi connectivity index (χ0) is 19.8. The van der Waals surface area contributed by atoms with Gasteiger partial charge in [-0.1, -0.05) is 42.5 Å². The number of ketones is 1. The normalized spacial score (nSPS) is 16.8. The van der Waals surface area contributed by atoms with Crippen LogP contribution < -0.4 is 5.63 Å². The molecule has 1 aliphatic rings. The van der Waals surface area contributed by atoms with Gasteiger partial charge in [0.2, 0.25) is 0 Å². The second-order valence-electron chi connectivity index (χ2n) is 6.51. The minimum atomic E-state index is -0.728. The summed E-state index contributed by atoms with van der Waals surface area (Å²) in [6, 6.07) is 14.9. The maximum atomic E-state index is 13.0. The molecule has 0 unspecified atom stereocenters. The Hall–Kier alpha value is -3.74. The second-order valence-corrected chi connectivity index (χ2v) is 6.51. The van der Waals surface area contributed by atoms with Gasteiger partial charge in [0.05, 0.1) is 18.0 Å². The van der Waals surface area contributed by atoms with Gasteiger partial charge in [0.15, 0.2) is 17.1 Å². The van der Waals surface area contributed by atoms with Crippen molar-refractivity contribution in [2.24, 2.45) is 0 Å². The van der Waals surface area contributed by atoms with Crippen LogP contribution in [0.15, 0.2) is 75.1 Å². The number of amides is 1. The summed E-state index contributed by atoms with van der Waals surface area (Å²) < 4.78 is 5.21. The molecule has 1 aromatic heterocycles. The Morgan fingerprint density at radius 2 is 1.79 bits per heavy atom. The zero-order valence-corrected chi connectivity index (χ0v) is 15.0. The number of aliphatic hydroxyl groups is 1. The number of aliphatic hydroxyl groups excluding tert-OH is 1. The SMILES string of the molecule is CN1C(=O)C(O)=C(C(=O)Cc2nc3ccccc3oc2=O)[C@@H]1c1ccccc1. The first kappa shape index (κ1) is 17.7. The molecule has 140 valence electrons. The lowest BCUT2D eigenvalue weighted by Crippen LogP contribution is -2.27. The number of carbonyl (C=O) groups is 2. The van der Waals surface area contributed by atoms with Crippen LogP contribution in [0.2, 0.25) is 0 Å². The van der Waals surface area contributed by atoms with Crippen molar-refractivity contribution in [3.63, 3.8) is 0 Å². The van der Waals surface area contributed by atoms with E-state index < -0.39 is 29.1 Å². The molecule has 4 rings (SSSR count). The molecule has 2 heterocycles. The number of Topliss-reactive ketones (excluding diaryl/α,β-unsaturated/α-hetero) is 1. The monoisotopic (exact) mass is 376 g/mol. The van der Waals surface area contributed by atoms with E-state index in [9.17, 15) is 19.5 Å². The van der Waals surface area contributed by atoms with Crippen molar-refractivity contribution >= 4 is 22.8 Å². The lowest BCUT2D eigenvalue weighted by atomic mass is 9.94. The van der Waals surface area contributed by atoms with E-state index in [0.717, 1.165) is 0 Å². The molecule has 0 aliphatic carbocycles. The Balaban J connectivity index is 1.73. The molecule has 0 spiro atoms. The van der Waals surface area contributed by atoms with Crippen LogP contribution in [0.25, 0.3) is 11.1 Å². The molecule has 7 heteroatoms. The molecular formula is C21H16N2O5. The summed E-state index contributed by atoms with van der Waals surface area (Å²) in [6.07, 6.45) is -0.378. The number of hydrogen-bond acceptors (Lipinski definition) is 6. The zero-order valence-electron chi connectivity index (χ0n) is 15.0. The fourth-order valence-electron chi connectivity index (χ4n) is 3.38. The maximum absolute atomic E-state index is 13.0. The van der Waals surface area contributed by atoms with Gasteiger partial charge >= 0.3 is 5.63 Å². The van der Waals surface area contributed by atoms with Crippen molar-refractivity contribution in [1.82, 2.24) is 9.88 Å². The number of benzene rings is 2. The molecule has 7 nitrogen and oxygen atoms in total. The maximum Gasteiger partial charge on any atom is 0.358 e. The fraction of sp³-hybridized carbons (Fsp3) is 0.143. The molecular weight excluding hydrogens is 360 g/mol. The quantitative estimate of drug-likeness (QED) is 0.750. The highest BCUT2D eigenvalue weighted by molar-refractivity contribution is 6.09. The first-order chi connectivity index (χ1) is 13.5. The van der Waals surface area contributed by atoms with E-state index in [0.29, 0.717) is 16.7 Å². The number of aromatic nitrogens is 1. The van der Waals surface area contributed by atoms with E-state index in [4.69, 9.17) is 4.42 Å². The van der Waals surface area contributed by atoms with Gasteiger partial charge in [-0.15, -0.1) is 0 Å². The van der Waals surface area contributed by atoms with Crippen molar-refractivity contribution in [2.75, 3.05) is 7.05 Å². The number of fused-ring (bicyclic) bond motifs is 1. The summed E-state index contributed by atoms with van der Waals surface area (Å²) >= 11 is 0. The molecule has 0 radical (unpaired) electrons. The number of carbonyl (C=O) groups excluding carboxylic acids is 2. The third kappa shape index (κ3) is 2.87. The highest BCUT2D eigenvalue weighted by Gasteiger charge is 2.41. The third-order valence-electron chi connectivity index (χ3n) is 4.74. The summed E-state index contributed by atoms with van der Waals surface area (Å²) in [5, 5.41) is 10.3. The van der Waals surface area contributed by atoms with Gasteiger partial charge in [0, 0.05) is 7.05 Å². The van der Waals surface area contributed by atoms with Gasteiger partial charge in [0.1, 0.15) is 11.2 Å². The molecule has 1 amide bonds. The smallest absolute Gasteiger partial charge is 0.358 e. The first-order valence-electron chi connectivity index (χ1n) is 8.64. The van der Waals surface area contributed by atoms with E-state index in [2.05, 4.69) is 4.98 Å². The van der Waals surface area contributed by atoms with Crippen LogP contribution in [-0.4, -0.2) is 33.7 Å². The number of hydrogen-bond donors (Lipinski definition) is 1. The van der Waals surface area contributed by atoms with Gasteiger partial charge in [-0.2, -0.15) is 0 Å². The van der Waals surface area contributed by atoms with Crippen molar-refractivity contribution in [3.05, 3.63) is 87.6 Å². The topological polar surface area (TPSA) is 101 Å². The van der Waals surface area contributed by atoms with Gasteiger partial charge in [-0.25, -0.2) is 9.78 Å². The van der Waals surface area contributed by atoms with Crippen LogP contribution in [0.1, 0.15) is 17.3 Å². The second kappa shape index (κ2) is 6.77. The molecule has 2 aromatic carbocycles. The Labute approximate surface area is 159 Å². The molecule has 0 fully saturated rings. The van der Waals surface area contributed by atoms with E-state index in [-0.39, 0.29) is 17.7 Å². The minimum absolute atomic E-state index is 0.0481. The largest absolute Gasteiger partial charge is 0.503 e. The highest BCUT2D eigenvalue weighted by Crippen LogP contribution is 2.36. The van der Waals surface area contributed by atoms with Gasteiger partial charge in [-0.05, 0) is 17.7 Å². The van der Waals surface area contributed by atoms with E-state index >= 15 is 0 Å². The van der Waals surface area contributed by atoms with Crippen molar-refractivity contribution in [1.29, 1.82) is 0 Å². The average Bonchev–Trinajstić information content (AvgIpc) is 2.93. The van der Waals surface area contributed by atoms with Crippen molar-refractivity contribution < 1.29 is 19.1 Å². The van der Waals surface area contributed by atoms with Crippen LogP contribution in [-0.2, 0) is 16.0 Å². The molecule has 1 aliphatic heterocycles. The van der Waals surface area contributed by atoms with Gasteiger partial charge in [0.25, 0.3) is 5.91 Å². The van der Waals surface area contributed by atoms with Crippen LogP contribution >= 0.6 is 0 Å². The fourth-order valence-corrected chi connectivity index (χ4v) is 3.38. The standard InChI is InChI=1S/C21H16N2O5/c1-23-18(12-7-3-2-4-8-12)17(19(25)20(23)26)15(24)11-14-21(27)28-16-10-6-5-9-13(16)22-14/h2-10,18,25H,11H2,1H3/t18-/m0/s1. The van der Waals surface area contributed by atoms with E-state index in [1.54, 1.807) is 48.5 Å². The Kier molecular flexibility index (Phi) is 4.27. The molecule has 28 heavy (non-hydrogen) atoms. The number of nitrogens with zero attached hydrogens (tertiary/aromatic N) is 2. The highest BCUT2D eigenvalue weighted by atomic mass is 16.4. The van der Waals surface area contributed by atoms with E-state index in [1.807, 2.05) is 6.07 Å². The van der Waals surface area contributed by atoms with Gasteiger partial charge in [-0.3, -0.25) is 9.59 Å². The summed E-state index contributed by atoms with van der Waals surface area (Å²) in [7, 11) is 1.51. The molecule has 0 saturated carbocycles. The molecule has 0 bridgehead atoms. The molecule has 1 N–H and O–H groups in total. The number of likely N-dealkylation sites (N-methyl/N-ethyl adjacent to an activating group) is 1. The number of para-hydroxylation sites is 2. The summed E-state index contributed by atoms with van der Waals surface area (Å²) in [5.74, 6) is -1.80. The van der Waals surface area contributed by atoms with Crippen LogP contribution in [0, 0.1) is 0 Å². The van der Waals surface area contributed by atoms with E-state index in [1.165, 1.54) is 11.9 Å². The minimum Gasteiger partial charge on any atom is -0.503 e. The summed E-state index contributed by atoms with van der Waals surface area (Å²) in [5.41, 5.74) is 0.613. The first-order valence-corrected chi connectivity index (χ1v) is 8.64. The predicted molar refractivity (Wildman–Crippen MR) is 101 cm³/mol. The Morgan fingerprint density at radius 3 is 2.54 bits per heavy atom. The predicted octanol–water partition coefficient (Wildman–Crippen LogP) is 2.33. The average molecular weight is 376 g/mol. The third-order valence-corrected chi connectivity index (χ3v) is 4.74. The lowest BCUT2D eigenvalue weighted by Gasteiger charge is -2.22. The molecule has 0 saturated heterocycles.